The number of hydrogen-bond acceptors (Lipinski definition) is 6. The van der Waals surface area contributed by atoms with Gasteiger partial charge < -0.3 is 20.5 Å². The van der Waals surface area contributed by atoms with Gasteiger partial charge in [-0.05, 0) is 64.6 Å². The summed E-state index contributed by atoms with van der Waals surface area (Å²) < 4.78 is 19.7. The molecule has 1 aromatic rings. The zero-order valence-electron chi connectivity index (χ0n) is 20.6. The molecule has 1 saturated heterocycles. The third-order valence-electron chi connectivity index (χ3n) is 5.30. The maximum atomic E-state index is 14.2. The van der Waals surface area contributed by atoms with E-state index in [2.05, 4.69) is 10.6 Å². The zero-order chi connectivity index (χ0) is 25.5. The Hall–Kier alpha value is -2.72. The van der Waals surface area contributed by atoms with Crippen molar-refractivity contribution in [3.8, 4) is 0 Å². The summed E-state index contributed by atoms with van der Waals surface area (Å²) in [6, 6.07) is 2.80. The van der Waals surface area contributed by atoms with Crippen molar-refractivity contribution in [3.05, 3.63) is 30.1 Å². The van der Waals surface area contributed by atoms with Crippen LogP contribution in [0.1, 0.15) is 53.9 Å². The number of anilines is 1. The van der Waals surface area contributed by atoms with Crippen molar-refractivity contribution >= 4 is 23.8 Å². The molecule has 0 radical (unpaired) electrons. The highest BCUT2D eigenvalue weighted by molar-refractivity contribution is 6.04. The second-order valence-corrected chi connectivity index (χ2v) is 9.86. The van der Waals surface area contributed by atoms with Gasteiger partial charge in [0.1, 0.15) is 11.4 Å². The number of para-hydroxylation sites is 1. The molecule has 1 fully saturated rings. The number of aliphatic hydroxyl groups is 1. The Labute approximate surface area is 200 Å². The molecule has 1 unspecified atom stereocenters. The second-order valence-electron chi connectivity index (χ2n) is 9.86. The lowest BCUT2D eigenvalue weighted by Gasteiger charge is -2.36. The summed E-state index contributed by atoms with van der Waals surface area (Å²) in [5.41, 5.74) is -0.975. The van der Waals surface area contributed by atoms with E-state index in [1.807, 2.05) is 13.8 Å². The number of aliphatic hydroxyl groups excluding tert-OH is 1. The summed E-state index contributed by atoms with van der Waals surface area (Å²) in [5, 5.41) is 16.2. The lowest BCUT2D eigenvalue weighted by molar-refractivity contribution is 0.0240. The van der Waals surface area contributed by atoms with Crippen LogP contribution in [0.25, 0.3) is 0 Å². The number of nitrogens with zero attached hydrogens (tertiary/aromatic N) is 2. The number of halogens is 1. The van der Waals surface area contributed by atoms with E-state index in [0.29, 0.717) is 25.8 Å². The fourth-order valence-electron chi connectivity index (χ4n) is 3.53. The molecular weight excluding hydrogens is 443 g/mol. The first kappa shape index (κ1) is 27.5. The highest BCUT2D eigenvalue weighted by Crippen LogP contribution is 2.22. The van der Waals surface area contributed by atoms with Gasteiger partial charge in [0.25, 0.3) is 0 Å². The van der Waals surface area contributed by atoms with Crippen molar-refractivity contribution in [1.82, 2.24) is 15.1 Å². The number of urea groups is 2. The van der Waals surface area contributed by atoms with Gasteiger partial charge in [-0.25, -0.2) is 28.6 Å². The van der Waals surface area contributed by atoms with Crippen LogP contribution >= 0.6 is 0 Å². The third-order valence-corrected chi connectivity index (χ3v) is 5.30. The zero-order valence-corrected chi connectivity index (χ0v) is 20.6. The average Bonchev–Trinajstić information content (AvgIpc) is 2.93. The maximum absolute atomic E-state index is 14.2. The Morgan fingerprint density at radius 3 is 2.56 bits per heavy atom. The number of hydrogen-bond donors (Lipinski definition) is 3. The fourth-order valence-corrected chi connectivity index (χ4v) is 3.53. The molecule has 0 aliphatic carbocycles. The molecule has 3 N–H and O–H groups in total. The Balaban J connectivity index is 2.43. The molecule has 1 aliphatic rings. The van der Waals surface area contributed by atoms with Gasteiger partial charge in [0.2, 0.25) is 0 Å². The lowest BCUT2D eigenvalue weighted by atomic mass is 10.1. The smallest absolute Gasteiger partial charge is 0.418 e. The molecule has 10 heteroatoms. The minimum atomic E-state index is -1.07. The van der Waals surface area contributed by atoms with Crippen molar-refractivity contribution in [2.24, 2.45) is 5.92 Å². The quantitative estimate of drug-likeness (QED) is 0.583. The predicted octanol–water partition coefficient (Wildman–Crippen LogP) is 4.18. The van der Waals surface area contributed by atoms with E-state index in [0.717, 1.165) is 9.80 Å². The molecule has 190 valence electrons. The van der Waals surface area contributed by atoms with Crippen LogP contribution in [0, 0.1) is 11.7 Å². The van der Waals surface area contributed by atoms with Crippen molar-refractivity contribution in [3.63, 3.8) is 0 Å². The second kappa shape index (κ2) is 12.1. The van der Waals surface area contributed by atoms with Crippen molar-refractivity contribution < 1.29 is 28.6 Å². The molecular formula is C24H37FN4O5. The molecule has 5 amide bonds. The summed E-state index contributed by atoms with van der Waals surface area (Å²) >= 11 is 0. The first-order valence-electron chi connectivity index (χ1n) is 11.7. The van der Waals surface area contributed by atoms with Crippen molar-refractivity contribution in [2.75, 3.05) is 25.0 Å². The van der Waals surface area contributed by atoms with Gasteiger partial charge in [0.05, 0.1) is 17.8 Å². The van der Waals surface area contributed by atoms with E-state index in [1.54, 1.807) is 26.8 Å². The lowest BCUT2D eigenvalue weighted by Crippen LogP contribution is -2.58. The molecule has 0 bridgehead atoms. The van der Waals surface area contributed by atoms with Crippen LogP contribution in [0.5, 0.6) is 0 Å². The molecule has 1 aliphatic heterocycles. The van der Waals surface area contributed by atoms with Crippen LogP contribution in [-0.4, -0.2) is 70.4 Å². The number of rotatable bonds is 5. The monoisotopic (exact) mass is 480 g/mol. The number of carbonyl (C=O) groups excluding carboxylic acids is 3. The normalized spacial score (nSPS) is 18.7. The number of β-amino-alcohol motifs (C(OH)–C–C–N with tert-alkyl or cyclic N) is 1. The molecule has 1 aromatic carbocycles. The van der Waals surface area contributed by atoms with Gasteiger partial charge in [-0.3, -0.25) is 0 Å². The van der Waals surface area contributed by atoms with Crippen LogP contribution in [0.15, 0.2) is 24.3 Å². The van der Waals surface area contributed by atoms with Gasteiger partial charge in [-0.2, -0.15) is 0 Å². The number of ether oxygens (including phenoxy) is 1. The minimum absolute atomic E-state index is 0.0238. The number of nitrogens with one attached hydrogen (secondary N) is 2. The minimum Gasteiger partial charge on any atom is -0.443 e. The number of benzene rings is 1. The van der Waals surface area contributed by atoms with Crippen LogP contribution in [-0.2, 0) is 4.74 Å². The first-order chi connectivity index (χ1) is 15.9. The molecule has 9 nitrogen and oxygen atoms in total. The van der Waals surface area contributed by atoms with Gasteiger partial charge in [0.15, 0.2) is 0 Å². The summed E-state index contributed by atoms with van der Waals surface area (Å²) in [6.45, 7) is 9.73. The molecule has 0 saturated carbocycles. The van der Waals surface area contributed by atoms with Crippen LogP contribution in [0.2, 0.25) is 0 Å². The van der Waals surface area contributed by atoms with E-state index in [4.69, 9.17) is 4.74 Å². The highest BCUT2D eigenvalue weighted by Gasteiger charge is 2.40. The number of carbonyl (C=O) groups is 3. The first-order valence-corrected chi connectivity index (χ1v) is 11.7. The average molecular weight is 481 g/mol. The number of imide groups is 2. The molecule has 2 atom stereocenters. The van der Waals surface area contributed by atoms with Crippen molar-refractivity contribution in [2.45, 2.75) is 71.6 Å². The molecule has 1 heterocycles. The Bertz CT molecular complexity index is 858. The topological polar surface area (TPSA) is 111 Å². The van der Waals surface area contributed by atoms with Gasteiger partial charge >= 0.3 is 18.2 Å². The van der Waals surface area contributed by atoms with Gasteiger partial charge in [0, 0.05) is 13.1 Å². The van der Waals surface area contributed by atoms with E-state index in [1.165, 1.54) is 18.2 Å². The van der Waals surface area contributed by atoms with E-state index in [-0.39, 0.29) is 24.7 Å². The summed E-state index contributed by atoms with van der Waals surface area (Å²) in [5.74, 6) is -0.499. The van der Waals surface area contributed by atoms with Crippen molar-refractivity contribution in [1.29, 1.82) is 0 Å². The largest absolute Gasteiger partial charge is 0.443 e. The van der Waals surface area contributed by atoms with Crippen LogP contribution < -0.4 is 10.6 Å². The van der Waals surface area contributed by atoms with E-state index in [9.17, 15) is 23.9 Å². The summed E-state index contributed by atoms with van der Waals surface area (Å²) in [4.78, 5) is 41.7. The molecule has 34 heavy (non-hydrogen) atoms. The maximum Gasteiger partial charge on any atom is 0.418 e. The van der Waals surface area contributed by atoms with Gasteiger partial charge in [-0.1, -0.05) is 26.0 Å². The summed E-state index contributed by atoms with van der Waals surface area (Å²) in [7, 11) is 0. The van der Waals surface area contributed by atoms with E-state index >= 15 is 0 Å². The molecule has 2 rings (SSSR count). The Morgan fingerprint density at radius 1 is 1.26 bits per heavy atom. The van der Waals surface area contributed by atoms with Crippen LogP contribution in [0.3, 0.4) is 0 Å². The highest BCUT2D eigenvalue weighted by atomic mass is 19.1. The Morgan fingerprint density at radius 2 is 1.94 bits per heavy atom. The van der Waals surface area contributed by atoms with E-state index < -0.39 is 41.7 Å². The third kappa shape index (κ3) is 7.95. The molecule has 0 aromatic heterocycles. The number of amides is 5. The standard InChI is InChI=1S/C24H37FN4O5/c1-16(2)12-14-28(23(33)34-24(3,4)5)22(32)29(19-11-8-13-26-15-20(19)30)21(31)27-18-10-7-6-9-17(18)25/h6-7,9-10,16,19-20,26,30H,8,11-15H2,1-5H3,(H,27,31)/t19?,20-/m0/s1. The molecule has 0 spiro atoms. The predicted molar refractivity (Wildman–Crippen MR) is 127 cm³/mol. The van der Waals surface area contributed by atoms with Gasteiger partial charge in [-0.15, -0.1) is 0 Å². The summed E-state index contributed by atoms with van der Waals surface area (Å²) in [6.07, 6.45) is -0.553. The van der Waals surface area contributed by atoms with Crippen LogP contribution in [0.4, 0.5) is 24.5 Å². The Kier molecular flexibility index (Phi) is 9.81. The fraction of sp³-hybridized carbons (Fsp3) is 0.625. The SMILES string of the molecule is CC(C)CCN(C(=O)OC(C)(C)C)C(=O)N(C(=O)Nc1ccccc1F)C1CCCNC[C@@H]1O.